The van der Waals surface area contributed by atoms with Gasteiger partial charge in [0.2, 0.25) is 5.91 Å². The Kier molecular flexibility index (Phi) is 6.20. The van der Waals surface area contributed by atoms with Crippen molar-refractivity contribution in [1.82, 2.24) is 10.2 Å². The molecule has 1 atom stereocenters. The second-order valence-corrected chi connectivity index (χ2v) is 8.35. The van der Waals surface area contributed by atoms with Gasteiger partial charge in [-0.3, -0.25) is 14.6 Å². The summed E-state index contributed by atoms with van der Waals surface area (Å²) in [7, 11) is 0. The first-order valence-electron chi connectivity index (χ1n) is 9.81. The smallest absolute Gasteiger partial charge is 0.259 e. The van der Waals surface area contributed by atoms with Crippen LogP contribution in [0.15, 0.2) is 58.5 Å². The molecule has 1 N–H and O–H groups in total. The Balaban J connectivity index is 1.48. The lowest BCUT2D eigenvalue weighted by atomic mass is 10.1. The van der Waals surface area contributed by atoms with Crippen molar-refractivity contribution in [2.45, 2.75) is 32.4 Å². The number of amidine groups is 2. The third kappa shape index (κ3) is 4.13. The molecule has 2 aliphatic heterocycles. The molecule has 0 spiro atoms. The Labute approximate surface area is 184 Å². The molecule has 0 saturated heterocycles. The van der Waals surface area contributed by atoms with Crippen molar-refractivity contribution < 1.29 is 9.59 Å². The average Bonchev–Trinajstić information content (AvgIpc) is 3.08. The molecule has 0 bridgehead atoms. The van der Waals surface area contributed by atoms with Gasteiger partial charge in [-0.15, -0.1) is 0 Å². The highest BCUT2D eigenvalue weighted by atomic mass is 35.5. The molecule has 2 aromatic carbocycles. The molecule has 154 valence electrons. The first-order valence-corrected chi connectivity index (χ1v) is 11.2. The predicted molar refractivity (Wildman–Crippen MR) is 121 cm³/mol. The van der Waals surface area contributed by atoms with Crippen LogP contribution in [-0.4, -0.2) is 39.5 Å². The van der Waals surface area contributed by atoms with E-state index < -0.39 is 6.04 Å². The zero-order valence-electron chi connectivity index (χ0n) is 16.5. The van der Waals surface area contributed by atoms with Crippen molar-refractivity contribution in [2.24, 2.45) is 9.98 Å². The van der Waals surface area contributed by atoms with Crippen LogP contribution < -0.4 is 5.32 Å². The van der Waals surface area contributed by atoms with Crippen LogP contribution in [0.1, 0.15) is 30.9 Å². The van der Waals surface area contributed by atoms with Crippen LogP contribution in [0.2, 0.25) is 5.02 Å². The fourth-order valence-corrected chi connectivity index (χ4v) is 4.41. The summed E-state index contributed by atoms with van der Waals surface area (Å²) in [5.41, 5.74) is 2.46. The topological polar surface area (TPSA) is 74.1 Å². The second kappa shape index (κ2) is 9.02. The van der Waals surface area contributed by atoms with Gasteiger partial charge in [0.05, 0.1) is 11.4 Å². The minimum Gasteiger partial charge on any atom is -0.351 e. The van der Waals surface area contributed by atoms with Crippen LogP contribution in [0, 0.1) is 0 Å². The normalized spacial score (nSPS) is 17.2. The SMILES string of the molecule is CCC[C@@H]1N=C2c3ccccc3N=C(SCC(=O)NCc3ccccc3Cl)N2C1=O. The van der Waals surface area contributed by atoms with Crippen molar-refractivity contribution in [3.8, 4) is 0 Å². The van der Waals surface area contributed by atoms with Crippen LogP contribution in [0.5, 0.6) is 0 Å². The van der Waals surface area contributed by atoms with Gasteiger partial charge in [-0.25, -0.2) is 9.89 Å². The number of rotatable bonds is 6. The first kappa shape index (κ1) is 20.6. The molecule has 0 radical (unpaired) electrons. The molecule has 8 heteroatoms. The van der Waals surface area contributed by atoms with Gasteiger partial charge in [0.1, 0.15) is 11.9 Å². The molecule has 2 aliphatic rings. The van der Waals surface area contributed by atoms with E-state index in [0.717, 1.165) is 23.2 Å². The fourth-order valence-electron chi connectivity index (χ4n) is 3.38. The van der Waals surface area contributed by atoms with Gasteiger partial charge in [-0.05, 0) is 30.2 Å². The van der Waals surface area contributed by atoms with Crippen LogP contribution >= 0.6 is 23.4 Å². The molecule has 6 nitrogen and oxygen atoms in total. The quantitative estimate of drug-likeness (QED) is 0.733. The maximum Gasteiger partial charge on any atom is 0.259 e. The monoisotopic (exact) mass is 440 g/mol. The molecule has 4 rings (SSSR count). The van der Waals surface area contributed by atoms with E-state index in [1.54, 1.807) is 11.0 Å². The zero-order chi connectivity index (χ0) is 21.1. The predicted octanol–water partition coefficient (Wildman–Crippen LogP) is 4.15. The van der Waals surface area contributed by atoms with Crippen LogP contribution in [0.25, 0.3) is 0 Å². The molecule has 0 aliphatic carbocycles. The van der Waals surface area contributed by atoms with Gasteiger partial charge in [0.25, 0.3) is 5.91 Å². The highest BCUT2D eigenvalue weighted by Crippen LogP contribution is 2.34. The summed E-state index contributed by atoms with van der Waals surface area (Å²) in [6.07, 6.45) is 1.56. The number of halogens is 1. The summed E-state index contributed by atoms with van der Waals surface area (Å²) in [5.74, 6) is 0.532. The standard InChI is InChI=1S/C22H21ClN4O2S/c1-2-7-18-21(29)27-20(25-18)15-9-4-6-11-17(15)26-22(27)30-13-19(28)24-12-14-8-3-5-10-16(14)23/h3-6,8-11,18H,2,7,12-13H2,1H3,(H,24,28)/t18-/m0/s1. The molecule has 2 heterocycles. The van der Waals surface area contributed by atoms with E-state index >= 15 is 0 Å². The number of amides is 2. The molecule has 30 heavy (non-hydrogen) atoms. The lowest BCUT2D eigenvalue weighted by molar-refractivity contribution is -0.124. The molecule has 2 aromatic rings. The molecule has 0 fully saturated rings. The third-order valence-electron chi connectivity index (χ3n) is 4.88. The second-order valence-electron chi connectivity index (χ2n) is 7.00. The van der Waals surface area contributed by atoms with E-state index in [1.807, 2.05) is 49.4 Å². The molecular formula is C22H21ClN4O2S. The van der Waals surface area contributed by atoms with Crippen molar-refractivity contribution >= 4 is 51.9 Å². The Hall–Kier alpha value is -2.64. The summed E-state index contributed by atoms with van der Waals surface area (Å²) in [5, 5.41) is 3.97. The number of thioether (sulfide) groups is 1. The fraction of sp³-hybridized carbons (Fsp3) is 0.273. The summed E-state index contributed by atoms with van der Waals surface area (Å²) in [4.78, 5) is 36.2. The lowest BCUT2D eigenvalue weighted by Gasteiger charge is -2.25. The Morgan fingerprint density at radius 2 is 1.97 bits per heavy atom. The molecule has 0 aromatic heterocycles. The van der Waals surface area contributed by atoms with Crippen molar-refractivity contribution in [3.63, 3.8) is 0 Å². The van der Waals surface area contributed by atoms with E-state index in [2.05, 4.69) is 15.3 Å². The molecule has 2 amide bonds. The zero-order valence-corrected chi connectivity index (χ0v) is 18.0. The molecule has 0 unspecified atom stereocenters. The van der Waals surface area contributed by atoms with Gasteiger partial charge < -0.3 is 5.32 Å². The number of fused-ring (bicyclic) bond motifs is 3. The largest absolute Gasteiger partial charge is 0.351 e. The maximum absolute atomic E-state index is 12.9. The highest BCUT2D eigenvalue weighted by Gasteiger charge is 2.40. The van der Waals surface area contributed by atoms with Crippen LogP contribution in [0.4, 0.5) is 5.69 Å². The Bertz CT molecular complexity index is 1050. The van der Waals surface area contributed by atoms with Crippen molar-refractivity contribution in [1.29, 1.82) is 0 Å². The Morgan fingerprint density at radius 1 is 1.20 bits per heavy atom. The number of carbonyl (C=O) groups is 2. The summed E-state index contributed by atoms with van der Waals surface area (Å²) in [6.45, 7) is 2.38. The number of benzene rings is 2. The van der Waals surface area contributed by atoms with E-state index in [4.69, 9.17) is 11.6 Å². The minimum absolute atomic E-state index is 0.0796. The number of para-hydroxylation sites is 1. The summed E-state index contributed by atoms with van der Waals surface area (Å²) < 4.78 is 0. The van der Waals surface area contributed by atoms with E-state index in [-0.39, 0.29) is 17.6 Å². The summed E-state index contributed by atoms with van der Waals surface area (Å²) in [6, 6.07) is 14.6. The number of nitrogens with one attached hydrogen (secondary N) is 1. The van der Waals surface area contributed by atoms with Gasteiger partial charge in [-0.2, -0.15) is 0 Å². The van der Waals surface area contributed by atoms with Gasteiger partial charge in [-0.1, -0.05) is 67.0 Å². The number of carbonyl (C=O) groups excluding carboxylic acids is 2. The van der Waals surface area contributed by atoms with Crippen LogP contribution in [-0.2, 0) is 16.1 Å². The summed E-state index contributed by atoms with van der Waals surface area (Å²) >= 11 is 7.38. The first-order chi connectivity index (χ1) is 14.6. The van der Waals surface area contributed by atoms with E-state index in [9.17, 15) is 9.59 Å². The number of aliphatic imine (C=N–C) groups is 2. The Morgan fingerprint density at radius 3 is 2.77 bits per heavy atom. The van der Waals surface area contributed by atoms with Crippen molar-refractivity contribution in [2.75, 3.05) is 5.75 Å². The highest BCUT2D eigenvalue weighted by molar-refractivity contribution is 8.14. The molecule has 0 saturated carbocycles. The minimum atomic E-state index is -0.393. The maximum atomic E-state index is 12.9. The van der Waals surface area contributed by atoms with E-state index in [1.165, 1.54) is 11.8 Å². The van der Waals surface area contributed by atoms with E-state index in [0.29, 0.717) is 29.0 Å². The van der Waals surface area contributed by atoms with Gasteiger partial charge in [0.15, 0.2) is 5.17 Å². The molecular weight excluding hydrogens is 420 g/mol. The van der Waals surface area contributed by atoms with Crippen LogP contribution in [0.3, 0.4) is 0 Å². The number of hydrogen-bond donors (Lipinski definition) is 1. The number of nitrogens with zero attached hydrogens (tertiary/aromatic N) is 3. The lowest BCUT2D eigenvalue weighted by Crippen LogP contribution is -2.41. The third-order valence-corrected chi connectivity index (χ3v) is 6.18. The van der Waals surface area contributed by atoms with Gasteiger partial charge >= 0.3 is 0 Å². The van der Waals surface area contributed by atoms with Gasteiger partial charge in [0, 0.05) is 17.1 Å². The average molecular weight is 441 g/mol. The number of hydrogen-bond acceptors (Lipinski definition) is 5. The van der Waals surface area contributed by atoms with Crippen molar-refractivity contribution in [3.05, 3.63) is 64.7 Å².